The van der Waals surface area contributed by atoms with Crippen LogP contribution < -0.4 is 0 Å². The quantitative estimate of drug-likeness (QED) is 0.517. The minimum atomic E-state index is 0.941. The average molecular weight is 164 g/mol. The van der Waals surface area contributed by atoms with E-state index >= 15 is 0 Å². The molecule has 0 N–H and O–H groups in total. The lowest BCUT2D eigenvalue weighted by Gasteiger charge is -2.26. The van der Waals surface area contributed by atoms with Gasteiger partial charge in [0.05, 0.1) is 0 Å². The highest BCUT2D eigenvalue weighted by atomic mass is 14.3. The van der Waals surface area contributed by atoms with Crippen LogP contribution in [0.5, 0.6) is 0 Å². The summed E-state index contributed by atoms with van der Waals surface area (Å²) in [6, 6.07) is 0. The largest absolute Gasteiger partial charge is 0.0880 e. The minimum Gasteiger partial charge on any atom is -0.0880 e. The van der Waals surface area contributed by atoms with Gasteiger partial charge in [0.1, 0.15) is 0 Å². The molecule has 0 aromatic carbocycles. The van der Waals surface area contributed by atoms with Crippen molar-refractivity contribution in [1.29, 1.82) is 0 Å². The second-order valence-corrected chi connectivity index (χ2v) is 4.71. The molecule has 0 bridgehead atoms. The Morgan fingerprint density at radius 1 is 1.17 bits per heavy atom. The van der Waals surface area contributed by atoms with Crippen LogP contribution in [0.1, 0.15) is 45.4 Å². The maximum atomic E-state index is 2.50. The molecule has 0 aliphatic heterocycles. The summed E-state index contributed by atoms with van der Waals surface area (Å²) < 4.78 is 0. The highest BCUT2D eigenvalue weighted by Gasteiger charge is 2.25. The third-order valence-electron chi connectivity index (χ3n) is 3.60. The van der Waals surface area contributed by atoms with Crippen molar-refractivity contribution in [2.45, 2.75) is 45.4 Å². The van der Waals surface area contributed by atoms with Crippen molar-refractivity contribution in [2.75, 3.05) is 0 Å². The predicted octanol–water partition coefficient (Wildman–Crippen LogP) is 3.78. The molecule has 0 amide bonds. The standard InChI is InChI=1S/C12H20/c1-10-5-4-8-12(9-10)11-6-2-3-7-11/h4,8,10-12H,2-3,5-7,9H2,1H3/t10-,12?/m1/s1. The first kappa shape index (κ1) is 8.34. The zero-order valence-corrected chi connectivity index (χ0v) is 8.13. The van der Waals surface area contributed by atoms with Crippen LogP contribution in [0.2, 0.25) is 0 Å². The van der Waals surface area contributed by atoms with E-state index in [2.05, 4.69) is 19.1 Å². The molecular formula is C12H20. The molecule has 0 radical (unpaired) electrons. The Morgan fingerprint density at radius 2 is 1.92 bits per heavy atom. The van der Waals surface area contributed by atoms with Crippen LogP contribution in [0.3, 0.4) is 0 Å². The third kappa shape index (κ3) is 1.73. The zero-order chi connectivity index (χ0) is 8.39. The Hall–Kier alpha value is -0.260. The van der Waals surface area contributed by atoms with Crippen molar-refractivity contribution >= 4 is 0 Å². The van der Waals surface area contributed by atoms with Crippen molar-refractivity contribution in [3.63, 3.8) is 0 Å². The van der Waals surface area contributed by atoms with Gasteiger partial charge in [-0.3, -0.25) is 0 Å². The van der Waals surface area contributed by atoms with Gasteiger partial charge >= 0.3 is 0 Å². The van der Waals surface area contributed by atoms with Gasteiger partial charge in [-0.25, -0.2) is 0 Å². The molecule has 1 saturated carbocycles. The summed E-state index contributed by atoms with van der Waals surface area (Å²) in [5.74, 6) is 2.93. The Bertz CT molecular complexity index is 163. The fourth-order valence-corrected chi connectivity index (χ4v) is 2.86. The lowest BCUT2D eigenvalue weighted by Crippen LogP contribution is -2.15. The smallest absolute Gasteiger partial charge is 0.0202 e. The maximum absolute atomic E-state index is 2.50. The lowest BCUT2D eigenvalue weighted by atomic mass is 9.79. The van der Waals surface area contributed by atoms with Crippen molar-refractivity contribution in [3.05, 3.63) is 12.2 Å². The highest BCUT2D eigenvalue weighted by molar-refractivity contribution is 4.98. The summed E-state index contributed by atoms with van der Waals surface area (Å²) in [6.07, 6.45) is 13.7. The van der Waals surface area contributed by atoms with Crippen molar-refractivity contribution in [2.24, 2.45) is 17.8 Å². The second-order valence-electron chi connectivity index (χ2n) is 4.71. The van der Waals surface area contributed by atoms with Gasteiger partial charge in [0, 0.05) is 0 Å². The first-order valence-corrected chi connectivity index (χ1v) is 5.53. The second kappa shape index (κ2) is 3.64. The zero-order valence-electron chi connectivity index (χ0n) is 8.13. The molecule has 0 saturated heterocycles. The average Bonchev–Trinajstić information content (AvgIpc) is 2.56. The molecule has 0 aromatic heterocycles. The summed E-state index contributed by atoms with van der Waals surface area (Å²) in [5, 5.41) is 0. The number of hydrogen-bond donors (Lipinski definition) is 0. The summed E-state index contributed by atoms with van der Waals surface area (Å²) in [5.41, 5.74) is 0. The number of allylic oxidation sites excluding steroid dienone is 2. The van der Waals surface area contributed by atoms with E-state index < -0.39 is 0 Å². The number of hydrogen-bond acceptors (Lipinski definition) is 0. The van der Waals surface area contributed by atoms with E-state index in [1.165, 1.54) is 38.5 Å². The van der Waals surface area contributed by atoms with Gasteiger partial charge < -0.3 is 0 Å². The van der Waals surface area contributed by atoms with Gasteiger partial charge in [-0.1, -0.05) is 31.9 Å². The summed E-state index contributed by atoms with van der Waals surface area (Å²) in [4.78, 5) is 0. The van der Waals surface area contributed by atoms with E-state index in [9.17, 15) is 0 Å². The fraction of sp³-hybridized carbons (Fsp3) is 0.833. The summed E-state index contributed by atoms with van der Waals surface area (Å²) in [6.45, 7) is 2.39. The van der Waals surface area contributed by atoms with Gasteiger partial charge in [0.2, 0.25) is 0 Å². The van der Waals surface area contributed by atoms with Crippen LogP contribution in [0.25, 0.3) is 0 Å². The van der Waals surface area contributed by atoms with E-state index in [1.807, 2.05) is 0 Å². The molecular weight excluding hydrogens is 144 g/mol. The van der Waals surface area contributed by atoms with Crippen LogP contribution in [0.15, 0.2) is 12.2 Å². The van der Waals surface area contributed by atoms with Crippen LogP contribution in [0, 0.1) is 17.8 Å². The van der Waals surface area contributed by atoms with E-state index in [1.54, 1.807) is 0 Å². The first-order valence-electron chi connectivity index (χ1n) is 5.53. The Kier molecular flexibility index (Phi) is 2.53. The molecule has 0 spiro atoms. The van der Waals surface area contributed by atoms with Crippen molar-refractivity contribution in [3.8, 4) is 0 Å². The Labute approximate surface area is 76.1 Å². The third-order valence-corrected chi connectivity index (χ3v) is 3.60. The molecule has 2 aliphatic rings. The summed E-state index contributed by atoms with van der Waals surface area (Å²) >= 11 is 0. The minimum absolute atomic E-state index is 0.941. The predicted molar refractivity (Wildman–Crippen MR) is 53.0 cm³/mol. The molecule has 0 heteroatoms. The Balaban J connectivity index is 1.94. The van der Waals surface area contributed by atoms with Gasteiger partial charge in [-0.05, 0) is 43.4 Å². The molecule has 12 heavy (non-hydrogen) atoms. The molecule has 0 nitrogen and oxygen atoms in total. The molecule has 1 unspecified atom stereocenters. The van der Waals surface area contributed by atoms with E-state index in [0.29, 0.717) is 0 Å². The van der Waals surface area contributed by atoms with Gasteiger partial charge in [-0.2, -0.15) is 0 Å². The maximum Gasteiger partial charge on any atom is -0.0202 e. The molecule has 1 fully saturated rings. The monoisotopic (exact) mass is 164 g/mol. The fourth-order valence-electron chi connectivity index (χ4n) is 2.86. The van der Waals surface area contributed by atoms with Crippen LogP contribution >= 0.6 is 0 Å². The summed E-state index contributed by atoms with van der Waals surface area (Å²) in [7, 11) is 0. The molecule has 0 heterocycles. The van der Waals surface area contributed by atoms with Crippen molar-refractivity contribution in [1.82, 2.24) is 0 Å². The molecule has 2 aliphatic carbocycles. The molecule has 68 valence electrons. The Morgan fingerprint density at radius 3 is 2.58 bits per heavy atom. The molecule has 2 rings (SSSR count). The lowest BCUT2D eigenvalue weighted by molar-refractivity contribution is 0.318. The van der Waals surface area contributed by atoms with Crippen molar-refractivity contribution < 1.29 is 0 Å². The van der Waals surface area contributed by atoms with Gasteiger partial charge in [0.25, 0.3) is 0 Å². The SMILES string of the molecule is C[C@@H]1CC=CC(C2CCCC2)C1. The number of rotatable bonds is 1. The first-order chi connectivity index (χ1) is 5.86. The van der Waals surface area contributed by atoms with Crippen LogP contribution in [-0.4, -0.2) is 0 Å². The van der Waals surface area contributed by atoms with E-state index in [0.717, 1.165) is 17.8 Å². The van der Waals surface area contributed by atoms with Gasteiger partial charge in [-0.15, -0.1) is 0 Å². The highest BCUT2D eigenvalue weighted by Crippen LogP contribution is 2.37. The van der Waals surface area contributed by atoms with Crippen LogP contribution in [-0.2, 0) is 0 Å². The molecule has 2 atom stereocenters. The molecule has 0 aromatic rings. The van der Waals surface area contributed by atoms with Crippen LogP contribution in [0.4, 0.5) is 0 Å². The normalized spacial score (nSPS) is 37.4. The van der Waals surface area contributed by atoms with Gasteiger partial charge in [0.15, 0.2) is 0 Å². The van der Waals surface area contributed by atoms with E-state index in [4.69, 9.17) is 0 Å². The van der Waals surface area contributed by atoms with E-state index in [-0.39, 0.29) is 0 Å². The topological polar surface area (TPSA) is 0 Å².